The fraction of sp³-hybridized carbons (Fsp3) is 0.692. The molecule has 1 aliphatic rings. The molecular weight excluding hydrogens is 280 g/mol. The summed E-state index contributed by atoms with van der Waals surface area (Å²) in [5.74, 6) is 1.29. The van der Waals surface area contributed by atoms with Crippen LogP contribution in [0.5, 0.6) is 0 Å². The summed E-state index contributed by atoms with van der Waals surface area (Å²) in [5, 5.41) is 2.93. The molecule has 0 saturated carbocycles. The van der Waals surface area contributed by atoms with Gasteiger partial charge in [-0.25, -0.2) is 13.1 Å². The number of aryl methyl sites for hydroxylation is 1. The number of furan rings is 1. The Morgan fingerprint density at radius 3 is 2.90 bits per heavy atom. The van der Waals surface area contributed by atoms with E-state index in [2.05, 4.69) is 10.0 Å². The van der Waals surface area contributed by atoms with Crippen molar-refractivity contribution in [3.05, 3.63) is 17.6 Å². The molecule has 1 fully saturated rings. The monoisotopic (exact) mass is 302 g/mol. The summed E-state index contributed by atoms with van der Waals surface area (Å²) >= 11 is 0. The molecule has 1 aromatic heterocycles. The Kier molecular flexibility index (Phi) is 5.20. The molecule has 1 saturated heterocycles. The van der Waals surface area contributed by atoms with Gasteiger partial charge in [-0.1, -0.05) is 0 Å². The van der Waals surface area contributed by atoms with E-state index >= 15 is 0 Å². The average Bonchev–Trinajstić information content (AvgIpc) is 2.80. The summed E-state index contributed by atoms with van der Waals surface area (Å²) in [5.41, 5.74) is 0. The fourth-order valence-corrected chi connectivity index (χ4v) is 3.64. The normalized spacial score (nSPS) is 20.2. The van der Waals surface area contributed by atoms with Gasteiger partial charge in [0.25, 0.3) is 0 Å². The highest BCUT2D eigenvalue weighted by Crippen LogP contribution is 2.20. The number of sulfonamides is 1. The maximum absolute atomic E-state index is 12.3. The van der Waals surface area contributed by atoms with Gasteiger partial charge in [0, 0.05) is 19.2 Å². The summed E-state index contributed by atoms with van der Waals surface area (Å²) in [6.07, 6.45) is 1.99. The molecule has 0 bridgehead atoms. The van der Waals surface area contributed by atoms with Crippen molar-refractivity contribution in [1.82, 2.24) is 10.0 Å². The van der Waals surface area contributed by atoms with E-state index in [1.54, 1.807) is 20.0 Å². The zero-order valence-corrected chi connectivity index (χ0v) is 12.8. The predicted octanol–water partition coefficient (Wildman–Crippen LogP) is 1.01. The second kappa shape index (κ2) is 6.71. The van der Waals surface area contributed by atoms with Crippen LogP contribution >= 0.6 is 0 Å². The highest BCUT2D eigenvalue weighted by Gasteiger charge is 2.23. The summed E-state index contributed by atoms with van der Waals surface area (Å²) in [4.78, 5) is 0.222. The van der Waals surface area contributed by atoms with Gasteiger partial charge < -0.3 is 14.5 Å². The van der Waals surface area contributed by atoms with E-state index in [0.717, 1.165) is 19.4 Å². The quantitative estimate of drug-likeness (QED) is 0.820. The molecule has 1 unspecified atom stereocenters. The zero-order valence-electron chi connectivity index (χ0n) is 11.9. The predicted molar refractivity (Wildman–Crippen MR) is 74.9 cm³/mol. The van der Waals surface area contributed by atoms with Crippen LogP contribution in [0.2, 0.25) is 0 Å². The highest BCUT2D eigenvalue weighted by molar-refractivity contribution is 7.89. The highest BCUT2D eigenvalue weighted by atomic mass is 32.2. The molecule has 0 spiro atoms. The van der Waals surface area contributed by atoms with Crippen LogP contribution in [0.3, 0.4) is 0 Å². The molecule has 6 nitrogen and oxygen atoms in total. The summed E-state index contributed by atoms with van der Waals surface area (Å²) in [6.45, 7) is 3.98. The van der Waals surface area contributed by atoms with Gasteiger partial charge in [-0.05, 0) is 32.7 Å². The van der Waals surface area contributed by atoms with Crippen molar-refractivity contribution in [3.8, 4) is 0 Å². The van der Waals surface area contributed by atoms with Crippen molar-refractivity contribution < 1.29 is 17.6 Å². The Bertz CT molecular complexity index is 533. The molecule has 1 aliphatic heterocycles. The number of hydrogen-bond donors (Lipinski definition) is 2. The van der Waals surface area contributed by atoms with Crippen molar-refractivity contribution in [1.29, 1.82) is 0 Å². The third-order valence-corrected chi connectivity index (χ3v) is 4.91. The van der Waals surface area contributed by atoms with Crippen LogP contribution in [0.4, 0.5) is 0 Å². The molecule has 1 atom stereocenters. The van der Waals surface area contributed by atoms with Gasteiger partial charge in [0.15, 0.2) is 0 Å². The molecule has 0 radical (unpaired) electrons. The molecule has 2 rings (SSSR count). The Labute approximate surface area is 119 Å². The van der Waals surface area contributed by atoms with Crippen molar-refractivity contribution in [2.24, 2.45) is 5.92 Å². The zero-order chi connectivity index (χ0) is 14.6. The van der Waals surface area contributed by atoms with Crippen molar-refractivity contribution >= 4 is 10.0 Å². The Morgan fingerprint density at radius 2 is 2.25 bits per heavy atom. The van der Waals surface area contributed by atoms with Crippen molar-refractivity contribution in [2.75, 3.05) is 26.8 Å². The molecule has 2 N–H and O–H groups in total. The summed E-state index contributed by atoms with van der Waals surface area (Å²) in [7, 11) is -1.73. The van der Waals surface area contributed by atoms with Gasteiger partial charge in [-0.3, -0.25) is 0 Å². The van der Waals surface area contributed by atoms with Crippen LogP contribution in [0.25, 0.3) is 0 Å². The first-order chi connectivity index (χ1) is 9.53. The number of hydrogen-bond acceptors (Lipinski definition) is 5. The van der Waals surface area contributed by atoms with Crippen LogP contribution in [-0.4, -0.2) is 35.2 Å². The smallest absolute Gasteiger partial charge is 0.244 e. The first-order valence-electron chi connectivity index (χ1n) is 6.84. The summed E-state index contributed by atoms with van der Waals surface area (Å²) in [6, 6.07) is 1.57. The Balaban J connectivity index is 2.01. The first kappa shape index (κ1) is 15.5. The average molecular weight is 302 g/mol. The van der Waals surface area contributed by atoms with Gasteiger partial charge >= 0.3 is 0 Å². The minimum absolute atomic E-state index is 0.222. The topological polar surface area (TPSA) is 80.6 Å². The lowest BCUT2D eigenvalue weighted by Gasteiger charge is -2.22. The maximum Gasteiger partial charge on any atom is 0.244 e. The summed E-state index contributed by atoms with van der Waals surface area (Å²) < 4.78 is 38.0. The number of nitrogens with one attached hydrogen (secondary N) is 2. The first-order valence-corrected chi connectivity index (χ1v) is 8.32. The molecule has 0 amide bonds. The van der Waals surface area contributed by atoms with E-state index in [1.165, 1.54) is 0 Å². The van der Waals surface area contributed by atoms with Gasteiger partial charge in [-0.15, -0.1) is 0 Å². The van der Waals surface area contributed by atoms with Gasteiger partial charge in [0.05, 0.1) is 13.2 Å². The molecule has 7 heteroatoms. The standard InChI is InChI=1S/C13H22N2O4S/c1-10-13(6-12(19-10)8-14-2)20(16,17)15-7-11-4-3-5-18-9-11/h6,11,14-15H,3-5,7-9H2,1-2H3. The third kappa shape index (κ3) is 3.82. The van der Waals surface area contributed by atoms with Gasteiger partial charge in [0.1, 0.15) is 16.4 Å². The van der Waals surface area contributed by atoms with Crippen LogP contribution in [-0.2, 0) is 21.3 Å². The van der Waals surface area contributed by atoms with Crippen molar-refractivity contribution in [2.45, 2.75) is 31.2 Å². The number of ether oxygens (including phenoxy) is 1. The molecule has 0 aromatic carbocycles. The lowest BCUT2D eigenvalue weighted by atomic mass is 10.0. The van der Waals surface area contributed by atoms with E-state index in [4.69, 9.17) is 9.15 Å². The maximum atomic E-state index is 12.3. The molecular formula is C13H22N2O4S. The van der Waals surface area contributed by atoms with E-state index < -0.39 is 10.0 Å². The number of rotatable bonds is 6. The van der Waals surface area contributed by atoms with Gasteiger partial charge in [-0.2, -0.15) is 0 Å². The minimum Gasteiger partial charge on any atom is -0.464 e. The Morgan fingerprint density at radius 1 is 1.45 bits per heavy atom. The van der Waals surface area contributed by atoms with Crippen LogP contribution in [0, 0.1) is 12.8 Å². The van der Waals surface area contributed by atoms with Crippen LogP contribution < -0.4 is 10.0 Å². The lowest BCUT2D eigenvalue weighted by molar-refractivity contribution is 0.0568. The minimum atomic E-state index is -3.51. The van der Waals surface area contributed by atoms with Crippen LogP contribution in [0.1, 0.15) is 24.4 Å². The second-order valence-corrected chi connectivity index (χ2v) is 6.83. The largest absolute Gasteiger partial charge is 0.464 e. The molecule has 114 valence electrons. The van der Waals surface area contributed by atoms with Crippen molar-refractivity contribution in [3.63, 3.8) is 0 Å². The molecule has 1 aromatic rings. The Hall–Kier alpha value is -0.890. The lowest BCUT2D eigenvalue weighted by Crippen LogP contribution is -2.33. The van der Waals surface area contributed by atoms with E-state index in [-0.39, 0.29) is 10.8 Å². The van der Waals surface area contributed by atoms with E-state index in [9.17, 15) is 8.42 Å². The fourth-order valence-electron chi connectivity index (χ4n) is 2.33. The molecule has 0 aliphatic carbocycles. The van der Waals surface area contributed by atoms with E-state index in [1.807, 2.05) is 0 Å². The molecule has 2 heterocycles. The SMILES string of the molecule is CNCc1cc(S(=O)(=O)NCC2CCCOC2)c(C)o1. The van der Waals surface area contributed by atoms with E-state index in [0.29, 0.717) is 31.2 Å². The second-order valence-electron chi connectivity index (χ2n) is 5.10. The molecule has 20 heavy (non-hydrogen) atoms. The van der Waals surface area contributed by atoms with Crippen LogP contribution in [0.15, 0.2) is 15.4 Å². The van der Waals surface area contributed by atoms with Gasteiger partial charge in [0.2, 0.25) is 10.0 Å². The third-order valence-electron chi connectivity index (χ3n) is 3.38.